The van der Waals surface area contributed by atoms with Crippen LogP contribution in [0.2, 0.25) is 0 Å². The first kappa shape index (κ1) is 13.1. The molecule has 2 aromatic rings. The molecule has 0 spiro atoms. The number of carbonyl (C=O) groups excluding carboxylic acids is 1. The van der Waals surface area contributed by atoms with Crippen LogP contribution in [-0.2, 0) is 0 Å². The van der Waals surface area contributed by atoms with E-state index in [1.54, 1.807) is 6.07 Å². The first-order chi connectivity index (χ1) is 9.22. The molecule has 0 radical (unpaired) electrons. The van der Waals surface area contributed by atoms with Gasteiger partial charge in [0.2, 0.25) is 0 Å². The molecule has 0 aliphatic rings. The van der Waals surface area contributed by atoms with Crippen LogP contribution < -0.4 is 10.9 Å². The van der Waals surface area contributed by atoms with Crippen LogP contribution in [0.5, 0.6) is 0 Å². The first-order valence-electron chi connectivity index (χ1n) is 6.24. The molecule has 0 fully saturated rings. The lowest BCUT2D eigenvalue weighted by molar-refractivity contribution is 0.0953. The van der Waals surface area contributed by atoms with Gasteiger partial charge >= 0.3 is 0 Å². The lowest BCUT2D eigenvalue weighted by Crippen LogP contribution is -2.30. The quantitative estimate of drug-likeness (QED) is 0.651. The van der Waals surface area contributed by atoms with E-state index in [2.05, 4.69) is 10.3 Å². The number of rotatable bonds is 4. The Balaban J connectivity index is 2.22. The molecule has 0 aliphatic heterocycles. The van der Waals surface area contributed by atoms with Crippen LogP contribution in [0.4, 0.5) is 0 Å². The number of benzene rings is 1. The van der Waals surface area contributed by atoms with E-state index in [-0.39, 0.29) is 17.0 Å². The summed E-state index contributed by atoms with van der Waals surface area (Å²) >= 11 is 0. The van der Waals surface area contributed by atoms with Crippen molar-refractivity contribution in [3.8, 4) is 0 Å². The van der Waals surface area contributed by atoms with Crippen molar-refractivity contribution in [2.75, 3.05) is 6.54 Å². The van der Waals surface area contributed by atoms with E-state index in [4.69, 9.17) is 0 Å². The van der Waals surface area contributed by atoms with Gasteiger partial charge in [0.25, 0.3) is 11.5 Å². The maximum Gasteiger partial charge on any atom is 0.261 e. The third kappa shape index (κ3) is 3.10. The Morgan fingerprint density at radius 1 is 1.37 bits per heavy atom. The van der Waals surface area contributed by atoms with Crippen molar-refractivity contribution < 1.29 is 4.79 Å². The maximum absolute atomic E-state index is 11.9. The van der Waals surface area contributed by atoms with Crippen molar-refractivity contribution >= 4 is 16.8 Å². The Kier molecular flexibility index (Phi) is 4.13. The number of aromatic nitrogens is 1. The lowest BCUT2D eigenvalue weighted by Gasteiger charge is -2.04. The van der Waals surface area contributed by atoms with Gasteiger partial charge in [0.05, 0.1) is 0 Å². The molecule has 4 nitrogen and oxygen atoms in total. The van der Waals surface area contributed by atoms with Crippen molar-refractivity contribution in [2.45, 2.75) is 13.3 Å². The molecule has 2 rings (SSSR count). The number of H-pyrrole nitrogens is 1. The zero-order valence-corrected chi connectivity index (χ0v) is 10.8. The zero-order chi connectivity index (χ0) is 13.7. The molecule has 0 saturated heterocycles. The van der Waals surface area contributed by atoms with E-state index in [9.17, 15) is 9.59 Å². The Labute approximate surface area is 111 Å². The highest BCUT2D eigenvalue weighted by molar-refractivity contribution is 5.97. The number of nitrogens with one attached hydrogen (secondary N) is 2. The van der Waals surface area contributed by atoms with Crippen molar-refractivity contribution in [2.24, 2.45) is 0 Å². The van der Waals surface area contributed by atoms with Gasteiger partial charge in [-0.05, 0) is 30.9 Å². The lowest BCUT2D eigenvalue weighted by atomic mass is 10.1. The van der Waals surface area contributed by atoms with Crippen LogP contribution in [-0.4, -0.2) is 17.4 Å². The second-order valence-electron chi connectivity index (χ2n) is 4.21. The Morgan fingerprint density at radius 2 is 2.16 bits per heavy atom. The molecule has 1 amide bonds. The minimum absolute atomic E-state index is 0.152. The number of pyridine rings is 1. The van der Waals surface area contributed by atoms with Gasteiger partial charge in [0.1, 0.15) is 5.56 Å². The maximum atomic E-state index is 11.9. The van der Waals surface area contributed by atoms with Gasteiger partial charge in [-0.1, -0.05) is 30.4 Å². The summed E-state index contributed by atoms with van der Waals surface area (Å²) < 4.78 is 0. The molecular weight excluding hydrogens is 240 g/mol. The fraction of sp³-hybridized carbons (Fsp3) is 0.200. The van der Waals surface area contributed by atoms with E-state index < -0.39 is 0 Å². The van der Waals surface area contributed by atoms with Crippen molar-refractivity contribution in [3.63, 3.8) is 0 Å². The molecule has 0 aliphatic carbocycles. The van der Waals surface area contributed by atoms with Gasteiger partial charge in [0, 0.05) is 12.1 Å². The molecule has 0 bridgehead atoms. The summed E-state index contributed by atoms with van der Waals surface area (Å²) in [4.78, 5) is 26.5. The Hall–Kier alpha value is -2.36. The molecule has 98 valence electrons. The second-order valence-corrected chi connectivity index (χ2v) is 4.21. The standard InChI is InChI=1S/C15H16N2O2/c1-2-3-6-9-16-14(18)12-10-11-7-4-5-8-13(11)17-15(12)19/h2-5,7-8,10H,6,9H2,1H3,(H,16,18)(H,17,19)/b3-2+. The fourth-order valence-corrected chi connectivity index (χ4v) is 1.85. The molecule has 2 N–H and O–H groups in total. The first-order valence-corrected chi connectivity index (χ1v) is 6.24. The van der Waals surface area contributed by atoms with Gasteiger partial charge in [-0.2, -0.15) is 0 Å². The number of amides is 1. The van der Waals surface area contributed by atoms with Crippen molar-refractivity contribution in [1.82, 2.24) is 10.3 Å². The number of allylic oxidation sites excluding steroid dienone is 1. The number of fused-ring (bicyclic) bond motifs is 1. The second kappa shape index (κ2) is 6.00. The number of carbonyl (C=O) groups is 1. The SMILES string of the molecule is C/C=C/CCNC(=O)c1cc2ccccc2[nH]c1=O. The molecule has 4 heteroatoms. The average molecular weight is 256 g/mol. The Bertz CT molecular complexity index is 671. The topological polar surface area (TPSA) is 62.0 Å². The van der Waals surface area contributed by atoms with E-state index >= 15 is 0 Å². The molecule has 1 aromatic heterocycles. The normalized spacial score (nSPS) is 11.0. The van der Waals surface area contributed by atoms with Gasteiger partial charge in [-0.3, -0.25) is 9.59 Å². The van der Waals surface area contributed by atoms with Crippen LogP contribution in [0.1, 0.15) is 23.7 Å². The summed E-state index contributed by atoms with van der Waals surface area (Å²) in [5, 5.41) is 3.58. The van der Waals surface area contributed by atoms with Crippen LogP contribution in [0.25, 0.3) is 10.9 Å². The number of aromatic amines is 1. The summed E-state index contributed by atoms with van der Waals surface area (Å²) in [7, 11) is 0. The highest BCUT2D eigenvalue weighted by Crippen LogP contribution is 2.09. The minimum Gasteiger partial charge on any atom is -0.352 e. The summed E-state index contributed by atoms with van der Waals surface area (Å²) in [6, 6.07) is 9.01. The summed E-state index contributed by atoms with van der Waals surface area (Å²) in [5.74, 6) is -0.337. The van der Waals surface area contributed by atoms with Crippen molar-refractivity contribution in [3.05, 3.63) is 58.4 Å². The number of hydrogen-bond acceptors (Lipinski definition) is 2. The highest BCUT2D eigenvalue weighted by atomic mass is 16.2. The minimum atomic E-state index is -0.359. The van der Waals surface area contributed by atoms with Gasteiger partial charge < -0.3 is 10.3 Å². The van der Waals surface area contributed by atoms with Gasteiger partial charge in [-0.15, -0.1) is 0 Å². The fourth-order valence-electron chi connectivity index (χ4n) is 1.85. The van der Waals surface area contributed by atoms with Gasteiger partial charge in [0.15, 0.2) is 0 Å². The van der Waals surface area contributed by atoms with E-state index in [1.165, 1.54) is 0 Å². The Morgan fingerprint density at radius 3 is 2.95 bits per heavy atom. The smallest absolute Gasteiger partial charge is 0.261 e. The third-order valence-corrected chi connectivity index (χ3v) is 2.83. The number of hydrogen-bond donors (Lipinski definition) is 2. The molecule has 0 saturated carbocycles. The van der Waals surface area contributed by atoms with Crippen LogP contribution >= 0.6 is 0 Å². The van der Waals surface area contributed by atoms with E-state index in [0.717, 1.165) is 17.3 Å². The monoisotopic (exact) mass is 256 g/mol. The number of para-hydroxylation sites is 1. The van der Waals surface area contributed by atoms with E-state index in [0.29, 0.717) is 6.54 Å². The zero-order valence-electron chi connectivity index (χ0n) is 10.8. The van der Waals surface area contributed by atoms with Crippen molar-refractivity contribution in [1.29, 1.82) is 0 Å². The largest absolute Gasteiger partial charge is 0.352 e. The summed E-state index contributed by atoms with van der Waals surface area (Å²) in [5.41, 5.74) is 0.527. The predicted octanol–water partition coefficient (Wildman–Crippen LogP) is 2.22. The molecule has 1 aromatic carbocycles. The van der Waals surface area contributed by atoms with Crippen LogP contribution in [0.3, 0.4) is 0 Å². The molecule has 19 heavy (non-hydrogen) atoms. The van der Waals surface area contributed by atoms with Crippen LogP contribution in [0.15, 0.2) is 47.3 Å². The molecule has 0 atom stereocenters. The van der Waals surface area contributed by atoms with Gasteiger partial charge in [-0.25, -0.2) is 0 Å². The summed E-state index contributed by atoms with van der Waals surface area (Å²) in [6.45, 7) is 2.45. The highest BCUT2D eigenvalue weighted by Gasteiger charge is 2.10. The predicted molar refractivity (Wildman–Crippen MR) is 76.3 cm³/mol. The molecule has 0 unspecified atom stereocenters. The van der Waals surface area contributed by atoms with Crippen LogP contribution in [0, 0.1) is 0 Å². The molecular formula is C15H16N2O2. The summed E-state index contributed by atoms with van der Waals surface area (Å²) in [6.07, 6.45) is 4.65. The van der Waals surface area contributed by atoms with E-state index in [1.807, 2.05) is 43.3 Å². The molecule has 1 heterocycles. The average Bonchev–Trinajstić information content (AvgIpc) is 2.42. The third-order valence-electron chi connectivity index (χ3n) is 2.83.